The van der Waals surface area contributed by atoms with Gasteiger partial charge in [-0.05, 0) is 153 Å². The average molecular weight is 1230 g/mol. The zero-order valence-corrected chi connectivity index (χ0v) is 56.0. The summed E-state index contributed by atoms with van der Waals surface area (Å²) in [5.41, 5.74) is -2.15. The molecule has 4 N–H and O–H groups in total. The van der Waals surface area contributed by atoms with Crippen molar-refractivity contribution >= 4 is 46.7 Å². The van der Waals surface area contributed by atoms with Crippen LogP contribution in [-0.4, -0.2) is 148 Å². The van der Waals surface area contributed by atoms with E-state index in [0.717, 1.165) is 87.3 Å². The van der Waals surface area contributed by atoms with Gasteiger partial charge in [-0.3, -0.25) is 24.5 Å². The van der Waals surface area contributed by atoms with Crippen molar-refractivity contribution in [3.63, 3.8) is 0 Å². The summed E-state index contributed by atoms with van der Waals surface area (Å²) in [7, 11) is 3.06. The number of hydrogen-bond acceptors (Lipinski definition) is 16. The Hall–Kier alpha value is -4.01. The van der Waals surface area contributed by atoms with Crippen molar-refractivity contribution in [3.8, 4) is 0 Å². The highest BCUT2D eigenvalue weighted by atomic mass is 32.2. The van der Waals surface area contributed by atoms with Crippen LogP contribution in [0.4, 0.5) is 4.79 Å². The van der Waals surface area contributed by atoms with Crippen molar-refractivity contribution in [2.75, 3.05) is 33.1 Å². The van der Waals surface area contributed by atoms with Crippen molar-refractivity contribution in [1.29, 1.82) is 0 Å². The number of amides is 3. The van der Waals surface area contributed by atoms with Crippen LogP contribution in [0, 0.1) is 41.4 Å². The number of alkyl carbamates (subject to hydrolysis) is 1. The third-order valence-electron chi connectivity index (χ3n) is 20.0. The van der Waals surface area contributed by atoms with Gasteiger partial charge in [0.25, 0.3) is 0 Å². The van der Waals surface area contributed by atoms with Crippen LogP contribution in [0.25, 0.3) is 0 Å². The number of fused-ring (bicyclic) bond motifs is 5. The summed E-state index contributed by atoms with van der Waals surface area (Å²) in [6.45, 7) is 28.1. The van der Waals surface area contributed by atoms with Crippen LogP contribution in [0.5, 0.6) is 0 Å². The number of nitrogens with one attached hydrogen (secondary N) is 2. The molecule has 3 amide bonds. The highest BCUT2D eigenvalue weighted by Crippen LogP contribution is 2.53. The molecule has 3 fully saturated rings. The number of methoxy groups -OCH3 is 1. The predicted octanol–water partition coefficient (Wildman–Crippen LogP) is 11.2. The van der Waals surface area contributed by atoms with E-state index in [1.807, 2.05) is 46.8 Å². The minimum Gasteiger partial charge on any atom is -0.493 e. The number of esters is 2. The predicted molar refractivity (Wildman–Crippen MR) is 333 cm³/mol. The number of epoxide rings is 1. The number of ether oxygens (including phenoxy) is 7. The summed E-state index contributed by atoms with van der Waals surface area (Å²) in [5, 5.41) is 30.3. The SMILES string of the molecule is CCCC(C)COC1=C(C)C2CC(=C1)CC(C)CCCC(OC)C1(O)CC(C)(OC(=O)N1)[C@@H](C)[C@@H]1O[C@@]1(C)[C@@H](OC(=O)[C@H](C)N(C)C(=O)CCSC(=O)C(C)CCC(C)C(=O)OC1/C=C/CC(OCC(=O)NC(C)(CC)CC)CCC1)CC(O)C2C. The first-order valence-electron chi connectivity index (χ1n) is 32.5. The van der Waals surface area contributed by atoms with Crippen LogP contribution < -0.4 is 10.6 Å². The molecule has 2 aliphatic heterocycles. The van der Waals surface area contributed by atoms with Gasteiger partial charge >= 0.3 is 18.0 Å². The Kier molecular flexibility index (Phi) is 27.6. The molecule has 2 heterocycles. The number of hydrogen-bond donors (Lipinski definition) is 4. The molecule has 5 aliphatic rings. The van der Waals surface area contributed by atoms with Crippen molar-refractivity contribution < 1.29 is 72.1 Å². The van der Waals surface area contributed by atoms with E-state index in [-0.39, 0.29) is 95.9 Å². The molecule has 0 spiro atoms. The maximum Gasteiger partial charge on any atom is 0.410 e. The van der Waals surface area contributed by atoms with Crippen LogP contribution in [0.3, 0.4) is 0 Å². The fourth-order valence-electron chi connectivity index (χ4n) is 13.0. The van der Waals surface area contributed by atoms with Gasteiger partial charge < -0.3 is 53.6 Å². The van der Waals surface area contributed by atoms with E-state index in [1.165, 1.54) is 24.6 Å². The topological polar surface area (TPSA) is 238 Å². The number of carbonyl (C=O) groups is 6. The molecular weight excluding hydrogens is 1120 g/mol. The lowest BCUT2D eigenvalue weighted by atomic mass is 9.73. The Morgan fingerprint density at radius 1 is 0.930 bits per heavy atom. The first-order chi connectivity index (χ1) is 40.4. The summed E-state index contributed by atoms with van der Waals surface area (Å²) >= 11 is 1.05. The van der Waals surface area contributed by atoms with Gasteiger partial charge in [0.1, 0.15) is 47.9 Å². The minimum atomic E-state index is -1.76. The zero-order chi connectivity index (χ0) is 63.9. The van der Waals surface area contributed by atoms with Gasteiger partial charge in [-0.2, -0.15) is 0 Å². The average Bonchev–Trinajstić information content (AvgIpc) is 1.60. The first-order valence-corrected chi connectivity index (χ1v) is 33.5. The molecule has 0 aromatic rings. The molecule has 86 heavy (non-hydrogen) atoms. The highest BCUT2D eigenvalue weighted by molar-refractivity contribution is 8.13. The second kappa shape index (κ2) is 32.6. The number of aliphatic hydroxyl groups is 2. The number of allylic oxidation sites excluding steroid dienone is 3. The molecule has 0 radical (unpaired) electrons. The highest BCUT2D eigenvalue weighted by Gasteiger charge is 2.67. The van der Waals surface area contributed by atoms with Gasteiger partial charge in [0.15, 0.2) is 10.8 Å². The maximum absolute atomic E-state index is 14.4. The van der Waals surface area contributed by atoms with Crippen molar-refractivity contribution in [3.05, 3.63) is 35.1 Å². The van der Waals surface area contributed by atoms with E-state index in [4.69, 9.17) is 33.2 Å². The Labute approximate surface area is 519 Å². The Bertz CT molecular complexity index is 2380. The fourth-order valence-corrected chi connectivity index (χ4v) is 13.8. The monoisotopic (exact) mass is 1230 g/mol. The summed E-state index contributed by atoms with van der Waals surface area (Å²) in [6, 6.07) is -1.05. The summed E-state index contributed by atoms with van der Waals surface area (Å²) in [5.74, 6) is -1.60. The smallest absolute Gasteiger partial charge is 0.410 e. The largest absolute Gasteiger partial charge is 0.493 e. The molecule has 12 unspecified atom stereocenters. The number of aliphatic hydroxyl groups excluding tert-OH is 1. The van der Waals surface area contributed by atoms with Crippen LogP contribution in [0.1, 0.15) is 213 Å². The second-order valence-corrected chi connectivity index (χ2v) is 28.3. The summed E-state index contributed by atoms with van der Waals surface area (Å²) < 4.78 is 43.4. The molecule has 0 aromatic heterocycles. The molecule has 1 saturated carbocycles. The van der Waals surface area contributed by atoms with E-state index >= 15 is 0 Å². The normalized spacial score (nSPS) is 32.9. The van der Waals surface area contributed by atoms with E-state index < -0.39 is 71.3 Å². The molecule has 0 aromatic carbocycles. The second-order valence-electron chi connectivity index (χ2n) is 27.2. The molecule has 490 valence electrons. The van der Waals surface area contributed by atoms with Gasteiger partial charge in [0.05, 0.1) is 30.8 Å². The number of nitrogens with zero attached hydrogens (tertiary/aromatic N) is 1. The van der Waals surface area contributed by atoms with E-state index in [2.05, 4.69) is 58.3 Å². The maximum atomic E-state index is 14.4. The fraction of sp³-hybridized carbons (Fsp3) is 0.821. The molecular formula is C67H111N3O15S. The molecule has 3 aliphatic carbocycles. The van der Waals surface area contributed by atoms with Gasteiger partial charge in [-0.15, -0.1) is 0 Å². The molecule has 19 heteroatoms. The van der Waals surface area contributed by atoms with Crippen molar-refractivity contribution in [1.82, 2.24) is 15.5 Å². The quantitative estimate of drug-likeness (QED) is 0.0304. The first kappa shape index (κ1) is 72.7. The number of rotatable bonds is 24. The Morgan fingerprint density at radius 2 is 1.62 bits per heavy atom. The zero-order valence-electron chi connectivity index (χ0n) is 55.2. The number of likely N-dealkylation sites (N-methyl/N-ethyl adjacent to an activating group) is 1. The van der Waals surface area contributed by atoms with Gasteiger partial charge in [-0.1, -0.05) is 105 Å². The Morgan fingerprint density at radius 3 is 2.29 bits per heavy atom. The van der Waals surface area contributed by atoms with Crippen molar-refractivity contribution in [2.24, 2.45) is 41.4 Å². The minimum absolute atomic E-state index is 0.00153. The molecule has 18 nitrogen and oxygen atoms in total. The van der Waals surface area contributed by atoms with Crippen molar-refractivity contribution in [2.45, 2.75) is 278 Å². The lowest BCUT2D eigenvalue weighted by molar-refractivity contribution is -0.186. The summed E-state index contributed by atoms with van der Waals surface area (Å²) in [4.78, 5) is 82.0. The van der Waals surface area contributed by atoms with E-state index in [9.17, 15) is 39.0 Å². The number of thioether (sulfide) groups is 1. The van der Waals surface area contributed by atoms with Crippen LogP contribution >= 0.6 is 11.8 Å². The number of carbonyl (C=O) groups excluding carboxylic acids is 6. The van der Waals surface area contributed by atoms with Crippen LogP contribution in [-0.2, 0) is 57.1 Å². The third kappa shape index (κ3) is 20.0. The summed E-state index contributed by atoms with van der Waals surface area (Å²) in [6.07, 6.45) is 12.4. The van der Waals surface area contributed by atoms with E-state index in [0.29, 0.717) is 44.6 Å². The van der Waals surface area contributed by atoms with Gasteiger partial charge in [0, 0.05) is 56.5 Å². The lowest BCUT2D eigenvalue weighted by Gasteiger charge is -2.48. The van der Waals surface area contributed by atoms with Crippen LogP contribution in [0.15, 0.2) is 35.1 Å². The molecule has 2 saturated heterocycles. The van der Waals surface area contributed by atoms with Gasteiger partial charge in [0.2, 0.25) is 11.8 Å². The molecule has 17 atom stereocenters. The van der Waals surface area contributed by atoms with Gasteiger partial charge in [-0.25, -0.2) is 9.59 Å². The lowest BCUT2D eigenvalue weighted by Crippen LogP contribution is -2.67. The van der Waals surface area contributed by atoms with E-state index in [1.54, 1.807) is 20.8 Å². The van der Waals surface area contributed by atoms with Crippen LogP contribution in [0.2, 0.25) is 0 Å². The molecule has 4 bridgehead atoms. The standard InChI is InChI=1S/C67H111N3O15S/c1-17-23-42(5)38-81-54-36-49-34-41(4)24-20-29-55(79-16)67(78)40-65(13,85-63(77)69-67)47(10)59-66(14,84-59)56(37-53(71)45(8)52(35-49)46(54)9)83-61(75)48(11)70(15)58(73)32-33-86-62(76)44(7)31-30-43(6)60(74)82-51-27-21-25-50(26-22-28-51)80-39-57(72)68-64(12,18-2)19-3/h21,27,36,41-45,47-48,50-53,55-56,59,71,78H,17-20,22-26,28-35,37-40H2,1-16H3,(H,68,72)(H,69,77)/b27-21+/t41?,42?,43?,44?,45?,47-,48-,50?,51?,52?,53?,55?,56-,59-,65?,66-,67?/m0/s1. The third-order valence-corrected chi connectivity index (χ3v) is 21.1. The Balaban J connectivity index is 1.20. The molecule has 5 rings (SSSR count).